The molecule has 2 heterocycles. The predicted octanol–water partition coefficient (Wildman–Crippen LogP) is 5.00. The van der Waals surface area contributed by atoms with Crippen LogP contribution in [0.4, 0.5) is 0 Å². The van der Waals surface area contributed by atoms with Gasteiger partial charge in [-0.3, -0.25) is 0 Å². The van der Waals surface area contributed by atoms with E-state index in [2.05, 4.69) is 26.0 Å². The lowest BCUT2D eigenvalue weighted by molar-refractivity contribution is -0.151. The quantitative estimate of drug-likeness (QED) is 0.342. The van der Waals surface area contributed by atoms with Crippen molar-refractivity contribution in [2.24, 2.45) is 10.8 Å². The van der Waals surface area contributed by atoms with E-state index in [-0.39, 0.29) is 10.8 Å². The van der Waals surface area contributed by atoms with Crippen LogP contribution in [0.1, 0.15) is 26.7 Å². The molecule has 0 aliphatic carbocycles. The molecule has 2 aromatic rings. The standard InChI is InChI=1S/C28H38O6/c1-3-27(19-31-20-27)17-29-13-15-33-25-11-7-5-9-23(25)24-10-6-8-12-26(24)34-16-14-30-18-28(4-2)21-32-22-28/h5-12H,3-4,13-22H2,1-2H3. The van der Waals surface area contributed by atoms with E-state index in [4.69, 9.17) is 28.4 Å². The fraction of sp³-hybridized carbons (Fsp3) is 0.571. The molecule has 6 heteroatoms. The van der Waals surface area contributed by atoms with Crippen molar-refractivity contribution in [2.45, 2.75) is 26.7 Å². The van der Waals surface area contributed by atoms with Crippen molar-refractivity contribution in [1.82, 2.24) is 0 Å². The van der Waals surface area contributed by atoms with Gasteiger partial charge in [0.1, 0.15) is 24.7 Å². The third kappa shape index (κ3) is 6.11. The van der Waals surface area contributed by atoms with Gasteiger partial charge in [0.15, 0.2) is 0 Å². The van der Waals surface area contributed by atoms with E-state index < -0.39 is 0 Å². The molecule has 0 unspecified atom stereocenters. The van der Waals surface area contributed by atoms with Gasteiger partial charge in [0.05, 0.1) is 52.9 Å². The Hall–Kier alpha value is -2.12. The van der Waals surface area contributed by atoms with E-state index in [0.29, 0.717) is 26.4 Å². The van der Waals surface area contributed by atoms with Crippen LogP contribution in [-0.4, -0.2) is 66.1 Å². The molecule has 0 bridgehead atoms. The molecule has 6 nitrogen and oxygen atoms in total. The van der Waals surface area contributed by atoms with Gasteiger partial charge < -0.3 is 28.4 Å². The minimum absolute atomic E-state index is 0.195. The van der Waals surface area contributed by atoms with Crippen LogP contribution < -0.4 is 9.47 Å². The summed E-state index contributed by atoms with van der Waals surface area (Å²) in [6.45, 7) is 11.1. The van der Waals surface area contributed by atoms with E-state index in [1.807, 2.05) is 36.4 Å². The zero-order chi connectivity index (χ0) is 23.7. The molecule has 2 aromatic carbocycles. The Bertz CT molecular complexity index is 805. The van der Waals surface area contributed by atoms with Crippen LogP contribution in [0.5, 0.6) is 11.5 Å². The Morgan fingerprint density at radius 3 is 1.38 bits per heavy atom. The number of benzene rings is 2. The highest BCUT2D eigenvalue weighted by atomic mass is 16.5. The number of rotatable bonds is 15. The summed E-state index contributed by atoms with van der Waals surface area (Å²) in [5.41, 5.74) is 2.41. The molecule has 2 saturated heterocycles. The van der Waals surface area contributed by atoms with Gasteiger partial charge in [0.25, 0.3) is 0 Å². The summed E-state index contributed by atoms with van der Waals surface area (Å²) in [5.74, 6) is 1.65. The van der Waals surface area contributed by atoms with Crippen molar-refractivity contribution in [3.8, 4) is 22.6 Å². The van der Waals surface area contributed by atoms with Crippen molar-refractivity contribution >= 4 is 0 Å². The van der Waals surface area contributed by atoms with E-state index in [1.165, 1.54) is 0 Å². The molecule has 4 rings (SSSR count). The zero-order valence-corrected chi connectivity index (χ0v) is 20.6. The van der Waals surface area contributed by atoms with Crippen molar-refractivity contribution in [3.05, 3.63) is 48.5 Å². The largest absolute Gasteiger partial charge is 0.491 e. The molecular formula is C28H38O6. The van der Waals surface area contributed by atoms with Crippen LogP contribution in [0.2, 0.25) is 0 Å². The second-order valence-electron chi connectivity index (χ2n) is 9.49. The fourth-order valence-electron chi connectivity index (χ4n) is 4.19. The van der Waals surface area contributed by atoms with Gasteiger partial charge in [0, 0.05) is 22.0 Å². The summed E-state index contributed by atoms with van der Waals surface area (Å²) in [7, 11) is 0. The topological polar surface area (TPSA) is 55.4 Å². The molecule has 2 aliphatic rings. The van der Waals surface area contributed by atoms with Gasteiger partial charge >= 0.3 is 0 Å². The summed E-state index contributed by atoms with van der Waals surface area (Å²) in [6, 6.07) is 16.1. The molecule has 2 aliphatic heterocycles. The normalized spacial score (nSPS) is 18.1. The third-order valence-electron chi connectivity index (χ3n) is 6.98. The van der Waals surface area contributed by atoms with E-state index in [9.17, 15) is 0 Å². The van der Waals surface area contributed by atoms with Crippen LogP contribution in [-0.2, 0) is 18.9 Å². The smallest absolute Gasteiger partial charge is 0.127 e. The molecule has 0 saturated carbocycles. The molecule has 34 heavy (non-hydrogen) atoms. The Kier molecular flexibility index (Phi) is 8.84. The maximum atomic E-state index is 6.11. The van der Waals surface area contributed by atoms with Gasteiger partial charge in [-0.05, 0) is 25.0 Å². The highest BCUT2D eigenvalue weighted by Gasteiger charge is 2.37. The zero-order valence-electron chi connectivity index (χ0n) is 20.6. The first-order chi connectivity index (χ1) is 16.7. The summed E-state index contributed by atoms with van der Waals surface area (Å²) in [4.78, 5) is 0. The lowest BCUT2D eigenvalue weighted by Gasteiger charge is -2.40. The predicted molar refractivity (Wildman–Crippen MR) is 132 cm³/mol. The molecule has 0 N–H and O–H groups in total. The minimum Gasteiger partial charge on any atom is -0.491 e. The van der Waals surface area contributed by atoms with Crippen molar-refractivity contribution in [2.75, 3.05) is 66.1 Å². The van der Waals surface area contributed by atoms with E-state index >= 15 is 0 Å². The Morgan fingerprint density at radius 2 is 1.03 bits per heavy atom. The highest BCUT2D eigenvalue weighted by molar-refractivity contribution is 5.75. The summed E-state index contributed by atoms with van der Waals surface area (Å²) in [6.07, 6.45) is 2.15. The summed E-state index contributed by atoms with van der Waals surface area (Å²) < 4.78 is 34.7. The average Bonchev–Trinajstić information content (AvgIpc) is 2.82. The molecular weight excluding hydrogens is 432 g/mol. The lowest BCUT2D eigenvalue weighted by atomic mass is 9.84. The van der Waals surface area contributed by atoms with E-state index in [1.54, 1.807) is 0 Å². The number of hydrogen-bond acceptors (Lipinski definition) is 6. The lowest BCUT2D eigenvalue weighted by Crippen LogP contribution is -2.45. The number of hydrogen-bond donors (Lipinski definition) is 0. The molecule has 186 valence electrons. The molecule has 0 atom stereocenters. The first-order valence-electron chi connectivity index (χ1n) is 12.4. The van der Waals surface area contributed by atoms with E-state index in [0.717, 1.165) is 75.1 Å². The van der Waals surface area contributed by atoms with Gasteiger partial charge in [-0.15, -0.1) is 0 Å². The van der Waals surface area contributed by atoms with Crippen LogP contribution in [0.3, 0.4) is 0 Å². The van der Waals surface area contributed by atoms with Crippen molar-refractivity contribution < 1.29 is 28.4 Å². The SMILES string of the molecule is CCC1(COCCOc2ccccc2-c2ccccc2OCCOCC2(CC)COC2)COC1. The molecule has 0 radical (unpaired) electrons. The molecule has 2 fully saturated rings. The fourth-order valence-corrected chi connectivity index (χ4v) is 4.19. The molecule has 0 aromatic heterocycles. The van der Waals surface area contributed by atoms with Crippen LogP contribution in [0, 0.1) is 10.8 Å². The van der Waals surface area contributed by atoms with Crippen LogP contribution in [0.25, 0.3) is 11.1 Å². The third-order valence-corrected chi connectivity index (χ3v) is 6.98. The van der Waals surface area contributed by atoms with Crippen molar-refractivity contribution in [3.63, 3.8) is 0 Å². The van der Waals surface area contributed by atoms with Crippen LogP contribution in [0.15, 0.2) is 48.5 Å². The first kappa shape index (κ1) is 25.0. The molecule has 0 spiro atoms. The summed E-state index contributed by atoms with van der Waals surface area (Å²) in [5, 5.41) is 0. The second-order valence-corrected chi connectivity index (χ2v) is 9.49. The Labute approximate surface area is 203 Å². The first-order valence-corrected chi connectivity index (χ1v) is 12.4. The Balaban J connectivity index is 1.28. The minimum atomic E-state index is 0.195. The number of ether oxygens (including phenoxy) is 6. The highest BCUT2D eigenvalue weighted by Crippen LogP contribution is 2.36. The number of para-hydroxylation sites is 2. The van der Waals surface area contributed by atoms with Crippen molar-refractivity contribution in [1.29, 1.82) is 0 Å². The maximum Gasteiger partial charge on any atom is 0.127 e. The second kappa shape index (κ2) is 12.0. The van der Waals surface area contributed by atoms with Gasteiger partial charge in [-0.25, -0.2) is 0 Å². The summed E-state index contributed by atoms with van der Waals surface area (Å²) >= 11 is 0. The Morgan fingerprint density at radius 1 is 0.618 bits per heavy atom. The average molecular weight is 471 g/mol. The van der Waals surface area contributed by atoms with Crippen LogP contribution >= 0.6 is 0 Å². The van der Waals surface area contributed by atoms with Gasteiger partial charge in [0.2, 0.25) is 0 Å². The van der Waals surface area contributed by atoms with Gasteiger partial charge in [-0.1, -0.05) is 50.2 Å². The monoisotopic (exact) mass is 470 g/mol. The molecule has 0 amide bonds. The maximum absolute atomic E-state index is 6.11. The van der Waals surface area contributed by atoms with Gasteiger partial charge in [-0.2, -0.15) is 0 Å².